The van der Waals surface area contributed by atoms with Crippen molar-refractivity contribution >= 4 is 11.5 Å². The molecule has 0 aliphatic carbocycles. The maximum absolute atomic E-state index is 12.4. The zero-order valence-electron chi connectivity index (χ0n) is 13.0. The van der Waals surface area contributed by atoms with Gasteiger partial charge in [0.25, 0.3) is 0 Å². The van der Waals surface area contributed by atoms with Gasteiger partial charge >= 0.3 is 0 Å². The van der Waals surface area contributed by atoms with Crippen molar-refractivity contribution in [2.24, 2.45) is 11.7 Å². The fourth-order valence-electron chi connectivity index (χ4n) is 2.65. The Bertz CT molecular complexity index is 470. The summed E-state index contributed by atoms with van der Waals surface area (Å²) in [6, 6.07) is 7.76. The number of para-hydroxylation sites is 1. The van der Waals surface area contributed by atoms with E-state index in [4.69, 9.17) is 10.5 Å². The summed E-state index contributed by atoms with van der Waals surface area (Å²) in [7, 11) is 0. The first kappa shape index (κ1) is 16.0. The van der Waals surface area contributed by atoms with Gasteiger partial charge in [-0.05, 0) is 17.5 Å². The molecule has 0 bridgehead atoms. The van der Waals surface area contributed by atoms with Crippen LogP contribution in [-0.4, -0.2) is 38.1 Å². The number of nitrogens with two attached hydrogens (primary N) is 1. The van der Waals surface area contributed by atoms with E-state index < -0.39 is 0 Å². The lowest BCUT2D eigenvalue weighted by atomic mass is 9.92. The number of carbonyl (C=O) groups is 1. The molecule has 1 fully saturated rings. The highest BCUT2D eigenvalue weighted by Gasteiger charge is 2.22. The van der Waals surface area contributed by atoms with Gasteiger partial charge in [0.2, 0.25) is 0 Å². The second-order valence-corrected chi connectivity index (χ2v) is 5.78. The standard InChI is InChI=1S/C17H26N2O2/c1-3-13(2)17(18)16(20)12-14-6-4-5-7-15(14)19-8-10-21-11-9-19/h4-7,13,17H,3,8-12,18H2,1-2H3. The van der Waals surface area contributed by atoms with Crippen LogP contribution in [0.1, 0.15) is 25.8 Å². The number of anilines is 1. The topological polar surface area (TPSA) is 55.6 Å². The number of rotatable bonds is 6. The van der Waals surface area contributed by atoms with Crippen molar-refractivity contribution in [1.29, 1.82) is 0 Å². The molecule has 0 aromatic heterocycles. The van der Waals surface area contributed by atoms with Crippen molar-refractivity contribution in [3.8, 4) is 0 Å². The molecule has 0 amide bonds. The first-order valence-electron chi connectivity index (χ1n) is 7.82. The van der Waals surface area contributed by atoms with Crippen LogP contribution in [0.2, 0.25) is 0 Å². The number of carbonyl (C=O) groups excluding carboxylic acids is 1. The summed E-state index contributed by atoms with van der Waals surface area (Å²) < 4.78 is 5.40. The lowest BCUT2D eigenvalue weighted by Crippen LogP contribution is -2.39. The Kier molecular flexibility index (Phi) is 5.76. The van der Waals surface area contributed by atoms with E-state index in [1.807, 2.05) is 25.1 Å². The molecule has 2 N–H and O–H groups in total. The molecule has 0 radical (unpaired) electrons. The Hall–Kier alpha value is -1.39. The Morgan fingerprint density at radius 1 is 1.33 bits per heavy atom. The van der Waals surface area contributed by atoms with Crippen molar-refractivity contribution in [1.82, 2.24) is 0 Å². The zero-order chi connectivity index (χ0) is 15.2. The van der Waals surface area contributed by atoms with Gasteiger partial charge in [0.15, 0.2) is 5.78 Å². The Balaban J connectivity index is 2.11. The monoisotopic (exact) mass is 290 g/mol. The minimum absolute atomic E-state index is 0.130. The van der Waals surface area contributed by atoms with Crippen LogP contribution >= 0.6 is 0 Å². The van der Waals surface area contributed by atoms with Crippen LogP contribution in [0.3, 0.4) is 0 Å². The molecule has 0 saturated carbocycles. The van der Waals surface area contributed by atoms with Crippen LogP contribution in [-0.2, 0) is 16.0 Å². The predicted molar refractivity (Wildman–Crippen MR) is 85.6 cm³/mol. The van der Waals surface area contributed by atoms with E-state index in [9.17, 15) is 4.79 Å². The Labute approximate surface area is 127 Å². The molecule has 2 atom stereocenters. The van der Waals surface area contributed by atoms with Gasteiger partial charge in [-0.1, -0.05) is 38.5 Å². The number of benzene rings is 1. The minimum atomic E-state index is -0.368. The molecule has 2 unspecified atom stereocenters. The molecular formula is C17H26N2O2. The van der Waals surface area contributed by atoms with E-state index in [0.29, 0.717) is 6.42 Å². The van der Waals surface area contributed by atoms with Crippen molar-refractivity contribution < 1.29 is 9.53 Å². The smallest absolute Gasteiger partial charge is 0.154 e. The van der Waals surface area contributed by atoms with Crippen LogP contribution < -0.4 is 10.6 Å². The number of Topliss-reactive ketones (excluding diaryl/α,β-unsaturated/α-hetero) is 1. The first-order chi connectivity index (χ1) is 10.1. The summed E-state index contributed by atoms with van der Waals surface area (Å²) in [4.78, 5) is 14.7. The SMILES string of the molecule is CCC(C)C(N)C(=O)Cc1ccccc1N1CCOCC1. The summed E-state index contributed by atoms with van der Waals surface area (Å²) in [5.74, 6) is 0.359. The quantitative estimate of drug-likeness (QED) is 0.871. The van der Waals surface area contributed by atoms with Crippen LogP contribution in [0.4, 0.5) is 5.69 Å². The fraction of sp³-hybridized carbons (Fsp3) is 0.588. The maximum Gasteiger partial charge on any atom is 0.154 e. The summed E-state index contributed by atoms with van der Waals surface area (Å²) in [5, 5.41) is 0. The van der Waals surface area contributed by atoms with Gasteiger partial charge in [0.05, 0.1) is 19.3 Å². The van der Waals surface area contributed by atoms with Crippen molar-refractivity contribution in [2.75, 3.05) is 31.2 Å². The van der Waals surface area contributed by atoms with E-state index in [1.54, 1.807) is 0 Å². The van der Waals surface area contributed by atoms with Gasteiger partial charge < -0.3 is 15.4 Å². The highest BCUT2D eigenvalue weighted by atomic mass is 16.5. The lowest BCUT2D eigenvalue weighted by molar-refractivity contribution is -0.120. The number of ketones is 1. The molecule has 4 heteroatoms. The molecule has 2 rings (SSSR count). The predicted octanol–water partition coefficient (Wildman–Crippen LogP) is 2.01. The van der Waals surface area contributed by atoms with Crippen LogP contribution in [0.5, 0.6) is 0 Å². The van der Waals surface area contributed by atoms with Crippen molar-refractivity contribution in [2.45, 2.75) is 32.7 Å². The van der Waals surface area contributed by atoms with Gasteiger partial charge in [-0.25, -0.2) is 0 Å². The Morgan fingerprint density at radius 3 is 2.67 bits per heavy atom. The van der Waals surface area contributed by atoms with E-state index in [-0.39, 0.29) is 17.7 Å². The minimum Gasteiger partial charge on any atom is -0.378 e. The Morgan fingerprint density at radius 2 is 2.00 bits per heavy atom. The zero-order valence-corrected chi connectivity index (χ0v) is 13.0. The summed E-state index contributed by atoms with van der Waals surface area (Å²) >= 11 is 0. The highest BCUT2D eigenvalue weighted by Crippen LogP contribution is 2.23. The first-order valence-corrected chi connectivity index (χ1v) is 7.82. The van der Waals surface area contributed by atoms with Gasteiger partial charge in [-0.2, -0.15) is 0 Å². The number of nitrogens with zero attached hydrogens (tertiary/aromatic N) is 1. The van der Waals surface area contributed by atoms with Crippen LogP contribution in [0, 0.1) is 5.92 Å². The third-order valence-corrected chi connectivity index (χ3v) is 4.34. The molecule has 0 spiro atoms. The molecule has 1 aliphatic heterocycles. The maximum atomic E-state index is 12.4. The number of hydrogen-bond acceptors (Lipinski definition) is 4. The fourth-order valence-corrected chi connectivity index (χ4v) is 2.65. The van der Waals surface area contributed by atoms with E-state index in [1.165, 1.54) is 0 Å². The molecule has 1 aromatic rings. The average Bonchev–Trinajstić information content (AvgIpc) is 2.54. The molecule has 1 saturated heterocycles. The summed E-state index contributed by atoms with van der Waals surface area (Å²) in [6.07, 6.45) is 1.34. The van der Waals surface area contributed by atoms with E-state index in [2.05, 4.69) is 17.9 Å². The lowest BCUT2D eigenvalue weighted by Gasteiger charge is -2.30. The molecule has 4 nitrogen and oxygen atoms in total. The molecule has 1 aliphatic rings. The summed E-state index contributed by atoms with van der Waals surface area (Å²) in [5.41, 5.74) is 8.28. The van der Waals surface area contributed by atoms with Crippen molar-refractivity contribution in [3.05, 3.63) is 29.8 Å². The van der Waals surface area contributed by atoms with Gasteiger partial charge in [-0.3, -0.25) is 4.79 Å². The molecule has 1 heterocycles. The van der Waals surface area contributed by atoms with Gasteiger partial charge in [0.1, 0.15) is 0 Å². The second kappa shape index (κ2) is 7.57. The van der Waals surface area contributed by atoms with Crippen molar-refractivity contribution in [3.63, 3.8) is 0 Å². The number of morpholine rings is 1. The van der Waals surface area contributed by atoms with E-state index >= 15 is 0 Å². The van der Waals surface area contributed by atoms with Crippen LogP contribution in [0.15, 0.2) is 24.3 Å². The van der Waals surface area contributed by atoms with Gasteiger partial charge in [0, 0.05) is 25.2 Å². The second-order valence-electron chi connectivity index (χ2n) is 5.78. The largest absolute Gasteiger partial charge is 0.378 e. The third kappa shape index (κ3) is 4.05. The number of ether oxygens (including phenoxy) is 1. The summed E-state index contributed by atoms with van der Waals surface area (Å²) in [6.45, 7) is 7.35. The normalized spacial score (nSPS) is 18.3. The van der Waals surface area contributed by atoms with Crippen LogP contribution in [0.25, 0.3) is 0 Å². The van der Waals surface area contributed by atoms with E-state index in [0.717, 1.165) is 44.0 Å². The number of hydrogen-bond donors (Lipinski definition) is 1. The molecule has 1 aromatic carbocycles. The highest BCUT2D eigenvalue weighted by molar-refractivity contribution is 5.87. The van der Waals surface area contributed by atoms with Gasteiger partial charge in [-0.15, -0.1) is 0 Å². The molecular weight excluding hydrogens is 264 g/mol. The average molecular weight is 290 g/mol. The molecule has 21 heavy (non-hydrogen) atoms. The molecule has 116 valence electrons. The third-order valence-electron chi connectivity index (χ3n) is 4.34.